The molecule has 0 radical (unpaired) electrons. The minimum Gasteiger partial charge on any atom is -0.478 e. The second-order valence-electron chi connectivity index (χ2n) is 5.20. The molecule has 1 fully saturated rings. The summed E-state index contributed by atoms with van der Waals surface area (Å²) < 4.78 is 5.27. The minimum absolute atomic E-state index is 0.0754. The van der Waals surface area contributed by atoms with Crippen LogP contribution in [0.25, 0.3) is 0 Å². The maximum Gasteiger partial charge on any atom is 0.339 e. The van der Waals surface area contributed by atoms with Crippen molar-refractivity contribution in [2.75, 3.05) is 19.6 Å². The molecule has 2 N–H and O–H groups in total. The number of aliphatic hydroxyl groups is 1. The summed E-state index contributed by atoms with van der Waals surface area (Å²) in [4.78, 5) is 13.4. The summed E-state index contributed by atoms with van der Waals surface area (Å²) in [5.41, 5.74) is -1.08. The highest BCUT2D eigenvalue weighted by Gasteiger charge is 2.38. The van der Waals surface area contributed by atoms with Crippen LogP contribution < -0.4 is 0 Å². The third-order valence-corrected chi connectivity index (χ3v) is 3.76. The molecule has 19 heavy (non-hydrogen) atoms. The van der Waals surface area contributed by atoms with Crippen molar-refractivity contribution in [3.05, 3.63) is 23.7 Å². The third-order valence-electron chi connectivity index (χ3n) is 3.76. The molecular formula is C14H21NO4. The van der Waals surface area contributed by atoms with Gasteiger partial charge in [0.05, 0.1) is 6.26 Å². The van der Waals surface area contributed by atoms with Gasteiger partial charge in [-0.25, -0.2) is 4.79 Å². The SMILES string of the molecule is CCCN1CCCC(O)(c2occc2C(=O)O)CC1. The zero-order chi connectivity index (χ0) is 13.9. The van der Waals surface area contributed by atoms with E-state index in [4.69, 9.17) is 9.52 Å². The molecule has 0 bridgehead atoms. The number of furan rings is 1. The molecule has 2 rings (SSSR count). The number of likely N-dealkylation sites (tertiary alicyclic amines) is 1. The number of carboxylic acid groups (broad SMARTS) is 1. The molecule has 0 spiro atoms. The van der Waals surface area contributed by atoms with Crippen LogP contribution >= 0.6 is 0 Å². The molecule has 0 aromatic carbocycles. The molecule has 5 heteroatoms. The Hall–Kier alpha value is -1.33. The monoisotopic (exact) mass is 267 g/mol. The number of hydrogen-bond donors (Lipinski definition) is 2. The molecule has 1 saturated heterocycles. The quantitative estimate of drug-likeness (QED) is 0.873. The van der Waals surface area contributed by atoms with Crippen molar-refractivity contribution in [3.8, 4) is 0 Å². The van der Waals surface area contributed by atoms with E-state index in [2.05, 4.69) is 11.8 Å². The van der Waals surface area contributed by atoms with Crippen molar-refractivity contribution in [1.29, 1.82) is 0 Å². The molecule has 1 aromatic rings. The van der Waals surface area contributed by atoms with Gasteiger partial charge in [-0.1, -0.05) is 6.92 Å². The van der Waals surface area contributed by atoms with Crippen LogP contribution in [0.3, 0.4) is 0 Å². The van der Waals surface area contributed by atoms with Crippen LogP contribution in [0.2, 0.25) is 0 Å². The van der Waals surface area contributed by atoms with Gasteiger partial charge in [0.25, 0.3) is 0 Å². The first-order chi connectivity index (χ1) is 9.07. The first-order valence-corrected chi connectivity index (χ1v) is 6.83. The molecule has 0 aliphatic carbocycles. The smallest absolute Gasteiger partial charge is 0.339 e. The average molecular weight is 267 g/mol. The molecule has 1 aromatic heterocycles. The fourth-order valence-corrected chi connectivity index (χ4v) is 2.78. The van der Waals surface area contributed by atoms with Crippen molar-refractivity contribution in [1.82, 2.24) is 4.90 Å². The maximum absolute atomic E-state index is 11.1. The number of carbonyl (C=O) groups is 1. The van der Waals surface area contributed by atoms with Crippen LogP contribution in [0.5, 0.6) is 0 Å². The van der Waals surface area contributed by atoms with Crippen LogP contribution in [0.15, 0.2) is 16.7 Å². The molecule has 0 saturated carbocycles. The Labute approximate surface area is 112 Å². The van der Waals surface area contributed by atoms with E-state index in [9.17, 15) is 9.90 Å². The number of nitrogens with zero attached hydrogens (tertiary/aromatic N) is 1. The Bertz CT molecular complexity index is 442. The zero-order valence-electron chi connectivity index (χ0n) is 11.3. The minimum atomic E-state index is -1.15. The molecule has 0 amide bonds. The molecule has 2 heterocycles. The van der Waals surface area contributed by atoms with Gasteiger partial charge < -0.3 is 19.5 Å². The molecule has 1 atom stereocenters. The Morgan fingerprint density at radius 3 is 2.95 bits per heavy atom. The highest BCUT2D eigenvalue weighted by atomic mass is 16.4. The molecule has 5 nitrogen and oxygen atoms in total. The Morgan fingerprint density at radius 2 is 2.26 bits per heavy atom. The summed E-state index contributed by atoms with van der Waals surface area (Å²) in [7, 11) is 0. The van der Waals surface area contributed by atoms with E-state index in [1.54, 1.807) is 0 Å². The van der Waals surface area contributed by atoms with Gasteiger partial charge in [-0.15, -0.1) is 0 Å². The van der Waals surface area contributed by atoms with Crippen molar-refractivity contribution >= 4 is 5.97 Å². The molecule has 1 unspecified atom stereocenters. The van der Waals surface area contributed by atoms with Crippen LogP contribution in [0.1, 0.15) is 48.7 Å². The molecule has 106 valence electrons. The summed E-state index contributed by atoms with van der Waals surface area (Å²) in [6, 6.07) is 1.41. The first kappa shape index (κ1) is 14.1. The summed E-state index contributed by atoms with van der Waals surface area (Å²) in [6.45, 7) is 4.86. The lowest BCUT2D eigenvalue weighted by atomic mass is 9.90. The predicted molar refractivity (Wildman–Crippen MR) is 70.1 cm³/mol. The van der Waals surface area contributed by atoms with Crippen LogP contribution in [0.4, 0.5) is 0 Å². The van der Waals surface area contributed by atoms with E-state index < -0.39 is 11.6 Å². The van der Waals surface area contributed by atoms with E-state index in [0.29, 0.717) is 12.8 Å². The fraction of sp³-hybridized carbons (Fsp3) is 0.643. The van der Waals surface area contributed by atoms with E-state index in [1.807, 2.05) is 0 Å². The predicted octanol–water partition coefficient (Wildman–Crippen LogP) is 2.06. The topological polar surface area (TPSA) is 73.9 Å². The van der Waals surface area contributed by atoms with Crippen LogP contribution in [0, 0.1) is 0 Å². The lowest BCUT2D eigenvalue weighted by Gasteiger charge is -2.25. The van der Waals surface area contributed by atoms with Gasteiger partial charge in [0, 0.05) is 6.54 Å². The number of hydrogen-bond acceptors (Lipinski definition) is 4. The zero-order valence-corrected chi connectivity index (χ0v) is 11.3. The maximum atomic E-state index is 11.1. The van der Waals surface area contributed by atoms with E-state index in [-0.39, 0.29) is 11.3 Å². The highest BCUT2D eigenvalue weighted by molar-refractivity contribution is 5.89. The van der Waals surface area contributed by atoms with Crippen molar-refractivity contribution in [3.63, 3.8) is 0 Å². The third kappa shape index (κ3) is 2.98. The standard InChI is InChI=1S/C14H21NO4/c1-2-7-15-8-3-5-14(18,6-9-15)12-11(13(16)17)4-10-19-12/h4,10,18H,2-3,5-9H2,1H3,(H,16,17). The number of carboxylic acids is 1. The van der Waals surface area contributed by atoms with Crippen molar-refractivity contribution in [2.24, 2.45) is 0 Å². The number of aromatic carboxylic acids is 1. The average Bonchev–Trinajstić information content (AvgIpc) is 2.79. The second-order valence-corrected chi connectivity index (χ2v) is 5.20. The normalized spacial score (nSPS) is 25.2. The molecule has 1 aliphatic heterocycles. The van der Waals surface area contributed by atoms with Crippen LogP contribution in [-0.4, -0.2) is 40.7 Å². The highest BCUT2D eigenvalue weighted by Crippen LogP contribution is 2.35. The molecule has 1 aliphatic rings. The van der Waals surface area contributed by atoms with Gasteiger partial charge in [0.2, 0.25) is 0 Å². The Morgan fingerprint density at radius 1 is 1.47 bits per heavy atom. The van der Waals surface area contributed by atoms with Crippen molar-refractivity contribution in [2.45, 2.75) is 38.2 Å². The van der Waals surface area contributed by atoms with Gasteiger partial charge in [0.1, 0.15) is 16.9 Å². The first-order valence-electron chi connectivity index (χ1n) is 6.83. The van der Waals surface area contributed by atoms with Crippen molar-refractivity contribution < 1.29 is 19.4 Å². The van der Waals surface area contributed by atoms with Gasteiger partial charge in [0.15, 0.2) is 0 Å². The Kier molecular flexibility index (Phi) is 4.27. The lowest BCUT2D eigenvalue weighted by molar-refractivity contribution is -0.00126. The van der Waals surface area contributed by atoms with Gasteiger partial charge >= 0.3 is 5.97 Å². The Balaban J connectivity index is 2.18. The van der Waals surface area contributed by atoms with Gasteiger partial charge in [-0.3, -0.25) is 0 Å². The summed E-state index contributed by atoms with van der Waals surface area (Å²) in [5, 5.41) is 19.9. The van der Waals surface area contributed by atoms with Gasteiger partial charge in [-0.2, -0.15) is 0 Å². The lowest BCUT2D eigenvalue weighted by Crippen LogP contribution is -2.30. The van der Waals surface area contributed by atoms with E-state index in [0.717, 1.165) is 32.5 Å². The molecular weight excluding hydrogens is 246 g/mol. The van der Waals surface area contributed by atoms with Gasteiger partial charge in [-0.05, 0) is 44.8 Å². The summed E-state index contributed by atoms with van der Waals surface area (Å²) in [6.07, 6.45) is 4.32. The second kappa shape index (κ2) is 5.75. The van der Waals surface area contributed by atoms with E-state index in [1.165, 1.54) is 12.3 Å². The van der Waals surface area contributed by atoms with E-state index >= 15 is 0 Å². The fourth-order valence-electron chi connectivity index (χ4n) is 2.78. The largest absolute Gasteiger partial charge is 0.478 e. The number of rotatable bonds is 4. The summed E-state index contributed by atoms with van der Waals surface area (Å²) >= 11 is 0. The summed E-state index contributed by atoms with van der Waals surface area (Å²) in [5.74, 6) is -0.842. The van der Waals surface area contributed by atoms with Crippen LogP contribution in [-0.2, 0) is 5.60 Å².